The van der Waals surface area contributed by atoms with E-state index in [2.05, 4.69) is 34.5 Å². The van der Waals surface area contributed by atoms with Crippen molar-refractivity contribution >= 4 is 39.0 Å². The topological polar surface area (TPSA) is 60.9 Å². The number of carboxylic acid groups (broad SMARTS) is 1. The molecule has 128 valence electrons. The first kappa shape index (κ1) is 16.8. The Morgan fingerprint density at radius 2 is 1.92 bits per heavy atom. The van der Waals surface area contributed by atoms with Crippen molar-refractivity contribution in [3.8, 4) is 0 Å². The molecule has 1 saturated heterocycles. The third-order valence-electron chi connectivity index (χ3n) is 4.49. The summed E-state index contributed by atoms with van der Waals surface area (Å²) in [6.07, 6.45) is 0.359. The van der Waals surface area contributed by atoms with Crippen molar-refractivity contribution in [2.45, 2.75) is 19.8 Å². The summed E-state index contributed by atoms with van der Waals surface area (Å²) in [6.45, 7) is 4.83. The number of thiophene rings is 1. The number of carbonyl (C=O) groups excluding carboxylic acids is 1. The van der Waals surface area contributed by atoms with Gasteiger partial charge in [0.25, 0.3) is 0 Å². The molecule has 2 heterocycles. The zero-order valence-electron chi connectivity index (χ0n) is 13.8. The molecule has 1 aromatic heterocycles. The van der Waals surface area contributed by atoms with E-state index in [-0.39, 0.29) is 18.2 Å². The minimum atomic E-state index is -0.844. The van der Waals surface area contributed by atoms with E-state index in [1.54, 1.807) is 11.3 Å². The quantitative estimate of drug-likeness (QED) is 0.904. The monoisotopic (exact) mass is 346 g/mol. The molecule has 1 aromatic carbocycles. The van der Waals surface area contributed by atoms with Crippen molar-refractivity contribution < 1.29 is 14.7 Å². The molecule has 5 nitrogen and oxygen atoms in total. The summed E-state index contributed by atoms with van der Waals surface area (Å²) in [4.78, 5) is 27.2. The number of anilines is 1. The molecule has 1 atom stereocenters. The van der Waals surface area contributed by atoms with Crippen LogP contribution >= 0.6 is 11.3 Å². The lowest BCUT2D eigenvalue weighted by Crippen LogP contribution is -2.49. The van der Waals surface area contributed by atoms with E-state index in [4.69, 9.17) is 5.11 Å². The van der Waals surface area contributed by atoms with Crippen molar-refractivity contribution in [1.29, 1.82) is 0 Å². The highest BCUT2D eigenvalue weighted by molar-refractivity contribution is 7.17. The van der Waals surface area contributed by atoms with Crippen molar-refractivity contribution in [1.82, 2.24) is 4.90 Å². The summed E-state index contributed by atoms with van der Waals surface area (Å²) < 4.78 is 1.29. The highest BCUT2D eigenvalue weighted by Crippen LogP contribution is 2.31. The smallest absolute Gasteiger partial charge is 0.303 e. The van der Waals surface area contributed by atoms with Gasteiger partial charge in [-0.15, -0.1) is 11.3 Å². The number of carboxylic acids is 1. The van der Waals surface area contributed by atoms with Gasteiger partial charge in [0.15, 0.2) is 0 Å². The third kappa shape index (κ3) is 3.70. The minimum Gasteiger partial charge on any atom is -0.481 e. The molecule has 0 spiro atoms. The maximum atomic E-state index is 12.3. The highest BCUT2D eigenvalue weighted by Gasteiger charge is 2.24. The van der Waals surface area contributed by atoms with E-state index in [0.29, 0.717) is 19.5 Å². The number of fused-ring (bicyclic) bond motifs is 1. The molecule has 6 heteroatoms. The second-order valence-corrected chi connectivity index (χ2v) is 7.33. The highest BCUT2D eigenvalue weighted by atomic mass is 32.1. The molecule has 3 rings (SSSR count). The van der Waals surface area contributed by atoms with Crippen LogP contribution in [0, 0.1) is 5.92 Å². The lowest BCUT2D eigenvalue weighted by Gasteiger charge is -2.36. The van der Waals surface area contributed by atoms with Gasteiger partial charge in [-0.1, -0.05) is 13.0 Å². The Morgan fingerprint density at radius 1 is 1.17 bits per heavy atom. The number of aliphatic carboxylic acids is 1. The summed E-state index contributed by atoms with van der Waals surface area (Å²) in [6, 6.07) is 8.51. The zero-order chi connectivity index (χ0) is 17.1. The van der Waals surface area contributed by atoms with E-state index in [0.717, 1.165) is 13.1 Å². The summed E-state index contributed by atoms with van der Waals surface area (Å²) in [7, 11) is 0. The van der Waals surface area contributed by atoms with Gasteiger partial charge in [-0.05, 0) is 29.5 Å². The van der Waals surface area contributed by atoms with Crippen LogP contribution in [0.3, 0.4) is 0 Å². The molecule has 1 aliphatic heterocycles. The van der Waals surface area contributed by atoms with Crippen LogP contribution in [0.2, 0.25) is 0 Å². The van der Waals surface area contributed by atoms with Crippen molar-refractivity contribution in [3.63, 3.8) is 0 Å². The Morgan fingerprint density at radius 3 is 2.62 bits per heavy atom. The van der Waals surface area contributed by atoms with Crippen molar-refractivity contribution in [2.75, 3.05) is 31.1 Å². The molecule has 1 aliphatic rings. The van der Waals surface area contributed by atoms with E-state index < -0.39 is 5.97 Å². The van der Waals surface area contributed by atoms with E-state index in [9.17, 15) is 9.59 Å². The van der Waals surface area contributed by atoms with Gasteiger partial charge in [0.05, 0.1) is 0 Å². The zero-order valence-corrected chi connectivity index (χ0v) is 14.6. The first-order valence-corrected chi connectivity index (χ1v) is 9.13. The predicted molar refractivity (Wildman–Crippen MR) is 96.7 cm³/mol. The Balaban J connectivity index is 1.59. The summed E-state index contributed by atoms with van der Waals surface area (Å²) in [5.74, 6) is -0.895. The molecule has 1 N–H and O–H groups in total. The number of benzene rings is 1. The first-order chi connectivity index (χ1) is 11.5. The first-order valence-electron chi connectivity index (χ1n) is 8.25. The predicted octanol–water partition coefficient (Wildman–Crippen LogP) is 3.05. The maximum Gasteiger partial charge on any atom is 0.303 e. The molecule has 0 saturated carbocycles. The van der Waals surface area contributed by atoms with E-state index >= 15 is 0 Å². The summed E-state index contributed by atoms with van der Waals surface area (Å²) >= 11 is 1.74. The van der Waals surface area contributed by atoms with Gasteiger partial charge in [-0.25, -0.2) is 0 Å². The van der Waals surface area contributed by atoms with E-state index in [1.807, 2.05) is 11.8 Å². The number of hydrogen-bond acceptors (Lipinski definition) is 4. The fourth-order valence-electron chi connectivity index (χ4n) is 3.25. The Kier molecular flexibility index (Phi) is 5.04. The average molecular weight is 346 g/mol. The van der Waals surface area contributed by atoms with E-state index in [1.165, 1.54) is 15.8 Å². The molecular weight excluding hydrogens is 324 g/mol. The maximum absolute atomic E-state index is 12.3. The fraction of sp³-hybridized carbons (Fsp3) is 0.444. The van der Waals surface area contributed by atoms with Crippen LogP contribution in [0.15, 0.2) is 29.6 Å². The molecular formula is C18H22N2O3S. The third-order valence-corrected chi connectivity index (χ3v) is 5.37. The molecule has 1 amide bonds. The van der Waals surface area contributed by atoms with Gasteiger partial charge in [0, 0.05) is 54.8 Å². The molecule has 2 aromatic rings. The molecule has 0 radical (unpaired) electrons. The number of piperazine rings is 1. The van der Waals surface area contributed by atoms with Crippen LogP contribution in [0.25, 0.3) is 10.1 Å². The van der Waals surface area contributed by atoms with Crippen LogP contribution in [0.1, 0.15) is 19.8 Å². The van der Waals surface area contributed by atoms with Crippen LogP contribution in [-0.4, -0.2) is 48.1 Å². The van der Waals surface area contributed by atoms with Crippen LogP contribution in [0.5, 0.6) is 0 Å². The van der Waals surface area contributed by atoms with Gasteiger partial charge in [-0.2, -0.15) is 0 Å². The normalized spacial score (nSPS) is 16.4. The summed E-state index contributed by atoms with van der Waals surface area (Å²) in [5, 5.41) is 12.2. The van der Waals surface area contributed by atoms with Crippen LogP contribution in [-0.2, 0) is 9.59 Å². The SMILES string of the molecule is CC(CC(=O)O)CC(=O)N1CCN(c2cccc3sccc23)CC1. The van der Waals surface area contributed by atoms with Crippen LogP contribution < -0.4 is 4.90 Å². The largest absolute Gasteiger partial charge is 0.481 e. The summed E-state index contributed by atoms with van der Waals surface area (Å²) in [5.41, 5.74) is 1.24. The van der Waals surface area contributed by atoms with Crippen molar-refractivity contribution in [3.05, 3.63) is 29.6 Å². The van der Waals surface area contributed by atoms with Gasteiger partial charge in [-0.3, -0.25) is 9.59 Å². The Bertz CT molecular complexity index is 735. The second kappa shape index (κ2) is 7.21. The number of amides is 1. The number of nitrogens with zero attached hydrogens (tertiary/aromatic N) is 2. The number of rotatable bonds is 5. The van der Waals surface area contributed by atoms with Gasteiger partial charge in [0.1, 0.15) is 0 Å². The van der Waals surface area contributed by atoms with Gasteiger partial charge in [0.2, 0.25) is 5.91 Å². The van der Waals surface area contributed by atoms with Gasteiger partial charge >= 0.3 is 5.97 Å². The average Bonchev–Trinajstić information content (AvgIpc) is 3.02. The standard InChI is InChI=1S/C18H22N2O3S/c1-13(12-18(22)23)11-17(21)20-8-6-19(7-9-20)15-3-2-4-16-14(15)5-10-24-16/h2-5,10,13H,6-9,11-12H2,1H3,(H,22,23). The minimum absolute atomic E-state index is 0.0475. The molecule has 1 unspecified atom stereocenters. The van der Waals surface area contributed by atoms with Gasteiger partial charge < -0.3 is 14.9 Å². The fourth-order valence-corrected chi connectivity index (χ4v) is 4.06. The molecule has 1 fully saturated rings. The molecule has 0 aliphatic carbocycles. The Labute approximate surface area is 145 Å². The van der Waals surface area contributed by atoms with Crippen molar-refractivity contribution in [2.24, 2.45) is 5.92 Å². The lowest BCUT2D eigenvalue weighted by atomic mass is 10.0. The Hall–Kier alpha value is -2.08. The number of carbonyl (C=O) groups is 2. The molecule has 0 bridgehead atoms. The van der Waals surface area contributed by atoms with Crippen LogP contribution in [0.4, 0.5) is 5.69 Å². The molecule has 24 heavy (non-hydrogen) atoms. The number of hydrogen-bond donors (Lipinski definition) is 1. The second-order valence-electron chi connectivity index (χ2n) is 6.38. The lowest BCUT2D eigenvalue weighted by molar-refractivity contribution is -0.138.